The van der Waals surface area contributed by atoms with Crippen LogP contribution in [0.25, 0.3) is 0 Å². The van der Waals surface area contributed by atoms with Gasteiger partial charge < -0.3 is 14.2 Å². The van der Waals surface area contributed by atoms with Gasteiger partial charge in [-0.05, 0) is 109 Å². The van der Waals surface area contributed by atoms with Crippen LogP contribution in [0.3, 0.4) is 0 Å². The second-order valence-corrected chi connectivity index (χ2v) is 17.0. The highest BCUT2D eigenvalue weighted by molar-refractivity contribution is 5.71. The molecule has 0 saturated carbocycles. The average molecular weight is 889 g/mol. The first-order valence-corrected chi connectivity index (χ1v) is 26.2. The number of esters is 3. The van der Waals surface area contributed by atoms with Gasteiger partial charge in [-0.2, -0.15) is 0 Å². The van der Waals surface area contributed by atoms with Crippen molar-refractivity contribution in [2.75, 3.05) is 13.2 Å². The number of carbonyl (C=O) groups is 3. The molecule has 6 heteroatoms. The highest BCUT2D eigenvalue weighted by atomic mass is 16.6. The first-order valence-electron chi connectivity index (χ1n) is 26.2. The lowest BCUT2D eigenvalue weighted by molar-refractivity contribution is -0.167. The summed E-state index contributed by atoms with van der Waals surface area (Å²) in [5.41, 5.74) is 0. The molecule has 0 aliphatic heterocycles. The number of hydrogen-bond acceptors (Lipinski definition) is 6. The molecule has 0 saturated heterocycles. The number of ether oxygens (including phenoxy) is 3. The van der Waals surface area contributed by atoms with Crippen molar-refractivity contribution in [1.29, 1.82) is 0 Å². The topological polar surface area (TPSA) is 78.9 Å². The van der Waals surface area contributed by atoms with Crippen LogP contribution in [0.2, 0.25) is 0 Å². The fraction of sp³-hybridized carbons (Fsp3) is 0.672. The van der Waals surface area contributed by atoms with Gasteiger partial charge in [-0.1, -0.05) is 201 Å². The second-order valence-electron chi connectivity index (χ2n) is 17.0. The van der Waals surface area contributed by atoms with E-state index >= 15 is 0 Å². The predicted octanol–water partition coefficient (Wildman–Crippen LogP) is 17.4. The summed E-state index contributed by atoms with van der Waals surface area (Å²) in [4.78, 5) is 38.0. The Labute approximate surface area is 394 Å². The summed E-state index contributed by atoms with van der Waals surface area (Å²) < 4.78 is 16.8. The van der Waals surface area contributed by atoms with Crippen LogP contribution in [-0.4, -0.2) is 37.2 Å². The minimum atomic E-state index is -0.797. The third-order valence-corrected chi connectivity index (χ3v) is 10.8. The van der Waals surface area contributed by atoms with Crippen LogP contribution in [0.15, 0.2) is 97.2 Å². The van der Waals surface area contributed by atoms with Crippen molar-refractivity contribution in [2.45, 2.75) is 239 Å². The van der Waals surface area contributed by atoms with Crippen molar-refractivity contribution in [3.8, 4) is 0 Å². The molecule has 0 fully saturated rings. The minimum Gasteiger partial charge on any atom is -0.462 e. The molecule has 0 amide bonds. The summed E-state index contributed by atoms with van der Waals surface area (Å²) in [5, 5.41) is 0. The van der Waals surface area contributed by atoms with Gasteiger partial charge in [-0.15, -0.1) is 0 Å². The number of rotatable bonds is 46. The fourth-order valence-corrected chi connectivity index (χ4v) is 6.84. The molecule has 64 heavy (non-hydrogen) atoms. The van der Waals surface area contributed by atoms with Crippen molar-refractivity contribution in [3.05, 3.63) is 97.2 Å². The average Bonchev–Trinajstić information content (AvgIpc) is 3.29. The Kier molecular flexibility index (Phi) is 49.0. The smallest absolute Gasteiger partial charge is 0.306 e. The van der Waals surface area contributed by atoms with Crippen LogP contribution < -0.4 is 0 Å². The van der Waals surface area contributed by atoms with Gasteiger partial charge in [-0.3, -0.25) is 14.4 Å². The van der Waals surface area contributed by atoms with Crippen molar-refractivity contribution >= 4 is 17.9 Å². The molecule has 0 radical (unpaired) electrons. The van der Waals surface area contributed by atoms with E-state index < -0.39 is 6.10 Å². The van der Waals surface area contributed by atoms with Crippen molar-refractivity contribution < 1.29 is 28.6 Å². The van der Waals surface area contributed by atoms with E-state index in [4.69, 9.17) is 14.2 Å². The molecule has 0 rings (SSSR count). The molecule has 0 heterocycles. The molecule has 1 unspecified atom stereocenters. The highest BCUT2D eigenvalue weighted by Crippen LogP contribution is 2.13. The zero-order chi connectivity index (χ0) is 46.5. The minimum absolute atomic E-state index is 0.0964. The number of allylic oxidation sites excluding steroid dienone is 16. The molecule has 0 aromatic carbocycles. The van der Waals surface area contributed by atoms with Gasteiger partial charge in [0.15, 0.2) is 6.10 Å². The summed E-state index contributed by atoms with van der Waals surface area (Å²) >= 11 is 0. The Morgan fingerprint density at radius 1 is 0.328 bits per heavy atom. The highest BCUT2D eigenvalue weighted by Gasteiger charge is 2.19. The third-order valence-electron chi connectivity index (χ3n) is 10.8. The van der Waals surface area contributed by atoms with Gasteiger partial charge >= 0.3 is 17.9 Å². The fourth-order valence-electron chi connectivity index (χ4n) is 6.84. The van der Waals surface area contributed by atoms with Crippen LogP contribution >= 0.6 is 0 Å². The molecule has 6 nitrogen and oxygen atoms in total. The lowest BCUT2D eigenvalue weighted by Gasteiger charge is -2.18. The van der Waals surface area contributed by atoms with Crippen molar-refractivity contribution in [3.63, 3.8) is 0 Å². The lowest BCUT2D eigenvalue weighted by atomic mass is 10.1. The predicted molar refractivity (Wildman–Crippen MR) is 274 cm³/mol. The molecular weight excluding hydrogens is 793 g/mol. The molecule has 0 N–H and O–H groups in total. The first-order chi connectivity index (χ1) is 31.5. The lowest BCUT2D eigenvalue weighted by Crippen LogP contribution is -2.30. The maximum Gasteiger partial charge on any atom is 0.306 e. The SMILES string of the molecule is CC/C=C\C/C=C\C/C=C\C/C=C\CCCCCCCCC(=O)OCC(COC(=O)CCCCCCC/C=C\C/C=C\CCC)OC(=O)CCCCCCC/C=C\C/C=C\CCCC. The zero-order valence-electron chi connectivity index (χ0n) is 41.5. The molecular formula is C58H96O6. The van der Waals surface area contributed by atoms with Crippen LogP contribution in [0.4, 0.5) is 0 Å². The number of carbonyl (C=O) groups excluding carboxylic acids is 3. The largest absolute Gasteiger partial charge is 0.462 e. The number of unbranched alkanes of at least 4 members (excludes halogenated alkanes) is 19. The summed E-state index contributed by atoms with van der Waals surface area (Å²) in [7, 11) is 0. The van der Waals surface area contributed by atoms with E-state index in [9.17, 15) is 14.4 Å². The van der Waals surface area contributed by atoms with Crippen molar-refractivity contribution in [1.82, 2.24) is 0 Å². The van der Waals surface area contributed by atoms with Crippen LogP contribution in [0.5, 0.6) is 0 Å². The molecule has 0 aromatic heterocycles. The van der Waals surface area contributed by atoms with E-state index in [1.54, 1.807) is 0 Å². The molecule has 0 aliphatic rings. The van der Waals surface area contributed by atoms with Gasteiger partial charge in [0.05, 0.1) is 0 Å². The molecule has 0 aromatic rings. The molecule has 1 atom stereocenters. The maximum atomic E-state index is 12.8. The van der Waals surface area contributed by atoms with E-state index in [0.717, 1.165) is 154 Å². The van der Waals surface area contributed by atoms with Gasteiger partial charge in [0.1, 0.15) is 13.2 Å². The maximum absolute atomic E-state index is 12.8. The zero-order valence-corrected chi connectivity index (χ0v) is 41.5. The van der Waals surface area contributed by atoms with E-state index in [-0.39, 0.29) is 31.1 Å². The Bertz CT molecular complexity index is 1300. The van der Waals surface area contributed by atoms with E-state index in [0.29, 0.717) is 19.3 Å². The van der Waals surface area contributed by atoms with Gasteiger partial charge in [0.2, 0.25) is 0 Å². The molecule has 364 valence electrons. The standard InChI is InChI=1S/C58H96O6/c1-4-7-10-13-16-19-22-25-27-28-29-30-31-34-36-39-42-45-48-51-57(60)63-54-55(53-62-56(59)50-47-44-41-38-35-32-24-21-18-15-12-9-6-3)64-58(61)52-49-46-43-40-37-33-26-23-20-17-14-11-8-5-2/h7,10,12,14-17,19,21,23-27,29-30,55H,4-6,8-9,11,13,18,20,22,28,31-54H2,1-3H3/b10-7-,15-12-,17-14-,19-16-,24-21-,26-23-,27-25-,30-29-. The van der Waals surface area contributed by atoms with Gasteiger partial charge in [-0.25, -0.2) is 0 Å². The normalized spacial score (nSPS) is 12.9. The quantitative estimate of drug-likeness (QED) is 0.0262. The summed E-state index contributed by atoms with van der Waals surface area (Å²) in [5.74, 6) is -0.940. The Morgan fingerprint density at radius 3 is 1.02 bits per heavy atom. The molecule has 0 bridgehead atoms. The van der Waals surface area contributed by atoms with E-state index in [1.807, 2.05) is 0 Å². The Balaban J connectivity index is 4.44. The van der Waals surface area contributed by atoms with Crippen LogP contribution in [0, 0.1) is 0 Å². The summed E-state index contributed by atoms with van der Waals surface area (Å²) in [6.07, 6.45) is 68.1. The van der Waals surface area contributed by atoms with Crippen molar-refractivity contribution in [2.24, 2.45) is 0 Å². The monoisotopic (exact) mass is 889 g/mol. The number of hydrogen-bond donors (Lipinski definition) is 0. The third kappa shape index (κ3) is 49.3. The Hall–Kier alpha value is -3.67. The molecule has 0 aliphatic carbocycles. The first kappa shape index (κ1) is 60.3. The van der Waals surface area contributed by atoms with Gasteiger partial charge in [0, 0.05) is 19.3 Å². The second kappa shape index (κ2) is 52.0. The van der Waals surface area contributed by atoms with Crippen LogP contribution in [-0.2, 0) is 28.6 Å². The van der Waals surface area contributed by atoms with E-state index in [2.05, 4.69) is 118 Å². The summed E-state index contributed by atoms with van der Waals surface area (Å²) in [6.45, 7) is 6.38. The summed E-state index contributed by atoms with van der Waals surface area (Å²) in [6, 6.07) is 0. The molecule has 0 spiro atoms. The van der Waals surface area contributed by atoms with E-state index in [1.165, 1.54) is 38.5 Å². The van der Waals surface area contributed by atoms with Gasteiger partial charge in [0.25, 0.3) is 0 Å². The van der Waals surface area contributed by atoms with Crippen LogP contribution in [0.1, 0.15) is 233 Å². The Morgan fingerprint density at radius 2 is 0.641 bits per heavy atom.